The molecule has 12 heterocycles. The molecule has 24 bridgehead atoms. The molecule has 0 spiro atoms. The fourth-order valence-corrected chi connectivity index (χ4v) is 15.1. The van der Waals surface area contributed by atoms with Crippen LogP contribution in [0.1, 0.15) is 0 Å². The number of nitrogens with zero attached hydrogens (tertiary/aromatic N) is 4. The van der Waals surface area contributed by atoms with Gasteiger partial charge < -0.3 is 18.6 Å². The molecule has 0 saturated heterocycles. The average Bonchev–Trinajstić information content (AvgIpc) is 1.61. The monoisotopic (exact) mass is 1210 g/mol. The van der Waals surface area contributed by atoms with E-state index >= 15 is 0 Å². The Balaban J connectivity index is 0.737. The van der Waals surface area contributed by atoms with E-state index in [4.69, 9.17) is 0 Å². The fraction of sp³-hybridized carbons (Fsp3) is 0.0110. The van der Waals surface area contributed by atoms with E-state index in [-0.39, 0.29) is 0 Å². The lowest BCUT2D eigenvalue weighted by Gasteiger charge is -2.26. The quantitative estimate of drug-likeness (QED) is 0.172. The van der Waals surface area contributed by atoms with Crippen LogP contribution in [0.4, 0.5) is 17.1 Å². The van der Waals surface area contributed by atoms with Crippen LogP contribution in [0, 0.1) is 0 Å². The average molecular weight is 1210 g/mol. The van der Waals surface area contributed by atoms with Crippen LogP contribution in [0.15, 0.2) is 346 Å². The Kier molecular flexibility index (Phi) is 12.5. The van der Waals surface area contributed by atoms with Crippen LogP contribution in [-0.4, -0.2) is 13.7 Å². The summed E-state index contributed by atoms with van der Waals surface area (Å²) in [5.41, 5.74) is 31.6. The lowest BCUT2D eigenvalue weighted by Crippen LogP contribution is -2.09. The number of fused-ring (bicyclic) bond motifs is 2. The van der Waals surface area contributed by atoms with Crippen LogP contribution in [0.3, 0.4) is 0 Å². The summed E-state index contributed by atoms with van der Waals surface area (Å²) in [4.78, 5) is 2.34. The number of para-hydroxylation sites is 3. The van der Waals surface area contributed by atoms with E-state index in [1.807, 2.05) is 0 Å². The van der Waals surface area contributed by atoms with Gasteiger partial charge in [0.05, 0.1) is 22.1 Å². The van der Waals surface area contributed by atoms with Crippen molar-refractivity contribution in [2.75, 3.05) is 4.90 Å². The molecule has 4 nitrogen and oxygen atoms in total. The smallest absolute Gasteiger partial charge is 0.0541 e. The van der Waals surface area contributed by atoms with Crippen LogP contribution in [0.2, 0.25) is 0 Å². The molecule has 95 heavy (non-hydrogen) atoms. The van der Waals surface area contributed by atoms with Crippen molar-refractivity contribution >= 4 is 82.5 Å². The van der Waals surface area contributed by atoms with Gasteiger partial charge in [-0.25, -0.2) is 0 Å². The summed E-state index contributed by atoms with van der Waals surface area (Å²) in [5, 5.41) is 7.38. The van der Waals surface area contributed by atoms with Gasteiger partial charge in [0.2, 0.25) is 0 Å². The van der Waals surface area contributed by atoms with Crippen molar-refractivity contribution in [2.45, 2.75) is 0 Å². The molecule has 0 aliphatic carbocycles. The fourth-order valence-electron chi connectivity index (χ4n) is 15.1. The van der Waals surface area contributed by atoms with Gasteiger partial charge in [0.25, 0.3) is 0 Å². The standard InChI is InChI=1S/C91H60N4/c1-92-86-47-37-69-53-80(86)81-54-70(38-48-87(81)92)66-27-31-68(32-28-66)74-42-52-91-85(58-74)83-56-72(40-50-89(83)95(91)77-15-9-4-10-16-77)64-23-19-60(20-24-64)62-35-45-79(46-36-62)93(75-11-5-2-6-12-75)78-43-33-61(34-44-78)59-17-21-63(22-18-59)71-39-49-88-82(55-71)84-57-73(67-29-25-65(69)26-30-67)41-51-90(84)94(88)76-13-7-3-8-14-76/h2-58H,1H3. The van der Waals surface area contributed by atoms with E-state index in [0.717, 1.165) is 39.6 Å². The Morgan fingerprint density at radius 1 is 0.158 bits per heavy atom. The van der Waals surface area contributed by atoms with Gasteiger partial charge in [0.1, 0.15) is 0 Å². The van der Waals surface area contributed by atoms with E-state index in [2.05, 4.69) is 371 Å². The molecule has 0 fully saturated rings. The summed E-state index contributed by atoms with van der Waals surface area (Å²) in [7, 11) is 2.19. The first-order chi connectivity index (χ1) is 47.0. The summed E-state index contributed by atoms with van der Waals surface area (Å²) in [6.45, 7) is 0. The minimum atomic E-state index is 1.09. The molecular formula is C91H60N4. The van der Waals surface area contributed by atoms with Crippen molar-refractivity contribution in [3.63, 3.8) is 0 Å². The SMILES string of the molecule is Cn1c2ccc3cc2c2cc(ccc21)-c1ccc(cc1)-c1ccc2c(c1)c1cc(ccc1n2-c1ccccc1)-c1ccc(cc1)-c1ccc(cc1)N(c1ccccc1)c1ccc(cc1)-c1ccc(cc1)-c1ccc2c(c1)c1cc(ccc1n2-c1ccccc1)-c1ccc-3cc1. The molecule has 0 saturated carbocycles. The molecular weight excluding hydrogens is 1150 g/mol. The number of rotatable bonds is 3. The number of aromatic nitrogens is 3. The molecule has 444 valence electrons. The molecule has 0 N–H and O–H groups in total. The van der Waals surface area contributed by atoms with E-state index in [1.54, 1.807) is 0 Å². The maximum Gasteiger partial charge on any atom is 0.0541 e. The van der Waals surface area contributed by atoms with Crippen LogP contribution < -0.4 is 4.90 Å². The van der Waals surface area contributed by atoms with E-state index < -0.39 is 0 Å². The van der Waals surface area contributed by atoms with Crippen molar-refractivity contribution in [1.29, 1.82) is 0 Å². The normalized spacial score (nSPS) is 12.0. The number of hydrogen-bond acceptors (Lipinski definition) is 1. The summed E-state index contributed by atoms with van der Waals surface area (Å²) in [6, 6.07) is 128. The highest BCUT2D eigenvalue weighted by Gasteiger charge is 2.20. The summed E-state index contributed by atoms with van der Waals surface area (Å²) < 4.78 is 7.15. The Labute approximate surface area is 551 Å². The Morgan fingerprint density at radius 3 is 0.589 bits per heavy atom. The second-order valence-corrected chi connectivity index (χ2v) is 25.4. The van der Waals surface area contributed by atoms with E-state index in [9.17, 15) is 0 Å². The first kappa shape index (κ1) is 54.3. The molecule has 9 aliphatic heterocycles. The van der Waals surface area contributed by atoms with Gasteiger partial charge in [-0.15, -0.1) is 0 Å². The molecule has 15 aromatic carbocycles. The van der Waals surface area contributed by atoms with Crippen LogP contribution in [0.25, 0.3) is 166 Å². The molecule has 0 atom stereocenters. The van der Waals surface area contributed by atoms with E-state index in [1.165, 1.54) is 143 Å². The van der Waals surface area contributed by atoms with Crippen molar-refractivity contribution in [3.05, 3.63) is 346 Å². The van der Waals surface area contributed by atoms with E-state index in [0.29, 0.717) is 0 Å². The van der Waals surface area contributed by atoms with Gasteiger partial charge in [0, 0.05) is 78.8 Å². The Morgan fingerprint density at radius 2 is 0.337 bits per heavy atom. The lowest BCUT2D eigenvalue weighted by molar-refractivity contribution is 1.01. The summed E-state index contributed by atoms with van der Waals surface area (Å²) >= 11 is 0. The highest BCUT2D eigenvalue weighted by atomic mass is 15.1. The van der Waals surface area contributed by atoms with Crippen molar-refractivity contribution < 1.29 is 0 Å². The predicted molar refractivity (Wildman–Crippen MR) is 401 cm³/mol. The predicted octanol–water partition coefficient (Wildman–Crippen LogP) is 24.6. The lowest BCUT2D eigenvalue weighted by atomic mass is 9.96. The summed E-state index contributed by atoms with van der Waals surface area (Å²) in [6.07, 6.45) is 0. The molecule has 18 aromatic rings. The van der Waals surface area contributed by atoms with Gasteiger partial charge in [-0.1, -0.05) is 212 Å². The number of aryl methyl sites for hydroxylation is 1. The molecule has 9 aliphatic rings. The van der Waals surface area contributed by atoms with Gasteiger partial charge in [0.15, 0.2) is 0 Å². The first-order valence-corrected chi connectivity index (χ1v) is 32.7. The van der Waals surface area contributed by atoms with Crippen LogP contribution in [-0.2, 0) is 7.05 Å². The maximum atomic E-state index is 2.41. The summed E-state index contributed by atoms with van der Waals surface area (Å²) in [5.74, 6) is 0. The minimum Gasteiger partial charge on any atom is -0.344 e. The van der Waals surface area contributed by atoms with Crippen LogP contribution >= 0.6 is 0 Å². The topological polar surface area (TPSA) is 18.0 Å². The van der Waals surface area contributed by atoms with Crippen molar-refractivity contribution in [2.24, 2.45) is 7.05 Å². The van der Waals surface area contributed by atoms with Gasteiger partial charge in [-0.3, -0.25) is 0 Å². The van der Waals surface area contributed by atoms with Gasteiger partial charge in [-0.2, -0.15) is 0 Å². The number of hydrogen-bond donors (Lipinski definition) is 0. The third-order valence-electron chi connectivity index (χ3n) is 20.0. The largest absolute Gasteiger partial charge is 0.344 e. The maximum absolute atomic E-state index is 2.41. The number of anilines is 3. The van der Waals surface area contributed by atoms with Crippen LogP contribution in [0.5, 0.6) is 0 Å². The second-order valence-electron chi connectivity index (χ2n) is 25.4. The van der Waals surface area contributed by atoms with Crippen molar-refractivity contribution in [3.8, 4) is 100 Å². The van der Waals surface area contributed by atoms with Gasteiger partial charge in [-0.05, 0) is 222 Å². The van der Waals surface area contributed by atoms with Gasteiger partial charge >= 0.3 is 0 Å². The number of benzene rings is 15. The highest BCUT2D eigenvalue weighted by Crippen LogP contribution is 2.43. The molecule has 3 aromatic heterocycles. The second kappa shape index (κ2) is 21.8. The Bertz CT molecular complexity index is 5650. The molecule has 0 amide bonds. The van der Waals surface area contributed by atoms with Crippen molar-refractivity contribution in [1.82, 2.24) is 13.7 Å². The third-order valence-corrected chi connectivity index (χ3v) is 20.0. The zero-order valence-corrected chi connectivity index (χ0v) is 52.2. The molecule has 4 heteroatoms. The Hall–Kier alpha value is -12.5. The minimum absolute atomic E-state index is 1.09. The molecule has 27 rings (SSSR count). The highest BCUT2D eigenvalue weighted by molar-refractivity contribution is 6.14. The zero-order chi connectivity index (χ0) is 62.7. The zero-order valence-electron chi connectivity index (χ0n) is 52.2. The molecule has 0 unspecified atom stereocenters. The third kappa shape index (κ3) is 9.13. The molecule has 0 radical (unpaired) electrons. The first-order valence-electron chi connectivity index (χ1n) is 32.7.